The van der Waals surface area contributed by atoms with Gasteiger partial charge >= 0.3 is 0 Å². The van der Waals surface area contributed by atoms with Crippen LogP contribution in [-0.4, -0.2) is 54.1 Å². The van der Waals surface area contributed by atoms with E-state index in [1.54, 1.807) is 12.3 Å². The average Bonchev–Trinajstić information content (AvgIpc) is 2.46. The van der Waals surface area contributed by atoms with Crippen molar-refractivity contribution < 1.29 is 19.1 Å². The number of nitrogens with one attached hydrogen (secondary N) is 1. The minimum atomic E-state index is -1.11. The summed E-state index contributed by atoms with van der Waals surface area (Å²) in [5.41, 5.74) is 0. The van der Waals surface area contributed by atoms with Crippen LogP contribution in [0.5, 0.6) is 11.6 Å². The van der Waals surface area contributed by atoms with E-state index in [2.05, 4.69) is 15.3 Å². The average molecular weight is 330 g/mol. The number of rotatable bonds is 8. The van der Waals surface area contributed by atoms with Crippen LogP contribution >= 0.6 is 0 Å². The summed E-state index contributed by atoms with van der Waals surface area (Å²) in [6.07, 6.45) is 1.44. The number of ether oxygens (including phenoxy) is 1. The zero-order valence-electron chi connectivity index (χ0n) is 14.1. The van der Waals surface area contributed by atoms with Crippen molar-refractivity contribution in [3.63, 3.8) is 0 Å². The summed E-state index contributed by atoms with van der Waals surface area (Å²) in [4.78, 5) is 19.4. The van der Waals surface area contributed by atoms with Crippen LogP contribution in [0.2, 0.25) is 0 Å². The van der Waals surface area contributed by atoms with Gasteiger partial charge in [-0.15, -0.1) is 0 Å². The van der Waals surface area contributed by atoms with E-state index in [9.17, 15) is 9.90 Å². The number of likely N-dealkylation sites (N-methyl/N-ethyl adjacent to an activating group) is 1. The Hall–Kier alpha value is -2.67. The molecular weight excluding hydrogens is 308 g/mol. The van der Waals surface area contributed by atoms with Crippen LogP contribution in [0.4, 0.5) is 5.95 Å². The highest BCUT2D eigenvalue weighted by atomic mass is 16.5. The number of quaternary nitrogens is 1. The van der Waals surface area contributed by atoms with Gasteiger partial charge in [0.05, 0.1) is 33.7 Å². The lowest BCUT2D eigenvalue weighted by atomic mass is 10.2. The molecule has 0 aliphatic rings. The molecule has 1 unspecified atom stereocenters. The van der Waals surface area contributed by atoms with Gasteiger partial charge < -0.3 is 24.4 Å². The summed E-state index contributed by atoms with van der Waals surface area (Å²) in [5, 5.41) is 14.0. The Morgan fingerprint density at radius 3 is 2.58 bits per heavy atom. The summed E-state index contributed by atoms with van der Waals surface area (Å²) in [5.74, 6) is 0.261. The van der Waals surface area contributed by atoms with Crippen LogP contribution in [0.1, 0.15) is 6.42 Å². The molecule has 0 aliphatic heterocycles. The number of carbonyl (C=O) groups is 1. The summed E-state index contributed by atoms with van der Waals surface area (Å²) in [6.45, 7) is 0.584. The minimum Gasteiger partial charge on any atom is -0.550 e. The molecule has 0 spiro atoms. The number of carbonyl (C=O) groups excluding carboxylic acids is 1. The monoisotopic (exact) mass is 330 g/mol. The molecule has 2 rings (SSSR count). The maximum absolute atomic E-state index is 11.0. The molecule has 24 heavy (non-hydrogen) atoms. The molecule has 1 heterocycles. The quantitative estimate of drug-likeness (QED) is 0.724. The van der Waals surface area contributed by atoms with Crippen LogP contribution in [0, 0.1) is 0 Å². The molecule has 1 atom stereocenters. The Bertz CT molecular complexity index is 671. The highest BCUT2D eigenvalue weighted by Crippen LogP contribution is 2.19. The molecule has 0 saturated heterocycles. The van der Waals surface area contributed by atoms with Gasteiger partial charge in [-0.2, -0.15) is 4.98 Å². The number of anilines is 1. The number of carboxylic acids is 1. The molecule has 128 valence electrons. The van der Waals surface area contributed by atoms with Gasteiger partial charge in [0, 0.05) is 24.7 Å². The van der Waals surface area contributed by atoms with E-state index in [4.69, 9.17) is 4.74 Å². The number of nitrogens with zero attached hydrogens (tertiary/aromatic N) is 3. The highest BCUT2D eigenvalue weighted by molar-refractivity contribution is 5.65. The Balaban J connectivity index is 2.09. The van der Waals surface area contributed by atoms with Crippen molar-refractivity contribution in [1.29, 1.82) is 0 Å². The van der Waals surface area contributed by atoms with Crippen LogP contribution in [-0.2, 0) is 4.79 Å². The third-order valence-corrected chi connectivity index (χ3v) is 3.11. The first-order valence-corrected chi connectivity index (χ1v) is 7.64. The largest absolute Gasteiger partial charge is 0.550 e. The van der Waals surface area contributed by atoms with E-state index in [0.29, 0.717) is 28.6 Å². The highest BCUT2D eigenvalue weighted by Gasteiger charge is 2.19. The standard InChI is InChI=1S/C17H22N4O3/c1-21(2,3)12-13(11-16(22)23)19-17-18-10-9-15(20-17)24-14-7-5-4-6-8-14/h4-10,13H,11-12H2,1-3H3,(H-,18,19,20,22,23). The van der Waals surface area contributed by atoms with Crippen molar-refractivity contribution in [3.8, 4) is 11.6 Å². The molecule has 1 N–H and O–H groups in total. The molecule has 7 heteroatoms. The SMILES string of the molecule is C[N+](C)(C)CC(CC(=O)[O-])Nc1nccc(Oc2ccccc2)n1. The van der Waals surface area contributed by atoms with E-state index in [1.165, 1.54) is 0 Å². The number of aromatic nitrogens is 2. The molecule has 0 aliphatic carbocycles. The molecule has 1 aromatic heterocycles. The third-order valence-electron chi connectivity index (χ3n) is 3.11. The molecule has 2 aromatic rings. The van der Waals surface area contributed by atoms with Gasteiger partial charge in [0.2, 0.25) is 11.8 Å². The number of carboxylic acid groups (broad SMARTS) is 1. The smallest absolute Gasteiger partial charge is 0.226 e. The lowest BCUT2D eigenvalue weighted by Gasteiger charge is -2.30. The van der Waals surface area contributed by atoms with E-state index in [0.717, 1.165) is 0 Å². The Kier molecular flexibility index (Phi) is 5.70. The first-order chi connectivity index (χ1) is 11.3. The zero-order valence-corrected chi connectivity index (χ0v) is 14.1. The summed E-state index contributed by atoms with van der Waals surface area (Å²) in [6, 6.07) is 10.6. The molecular formula is C17H22N4O3. The fourth-order valence-electron chi connectivity index (χ4n) is 2.28. The number of hydrogen-bond acceptors (Lipinski definition) is 6. The maximum Gasteiger partial charge on any atom is 0.226 e. The predicted octanol–water partition coefficient (Wildman–Crippen LogP) is 0.896. The topological polar surface area (TPSA) is 87.2 Å². The van der Waals surface area contributed by atoms with Gasteiger partial charge in [-0.1, -0.05) is 18.2 Å². The Morgan fingerprint density at radius 1 is 1.25 bits per heavy atom. The number of hydrogen-bond donors (Lipinski definition) is 1. The van der Waals surface area contributed by atoms with Crippen molar-refractivity contribution in [2.75, 3.05) is 33.0 Å². The number of benzene rings is 1. The second-order valence-corrected chi connectivity index (χ2v) is 6.52. The molecule has 0 fully saturated rings. The molecule has 0 radical (unpaired) electrons. The number of aliphatic carboxylic acids is 1. The van der Waals surface area contributed by atoms with Crippen molar-refractivity contribution in [1.82, 2.24) is 9.97 Å². The van der Waals surface area contributed by atoms with Gasteiger partial charge in [-0.05, 0) is 12.1 Å². The first kappa shape index (κ1) is 17.7. The van der Waals surface area contributed by atoms with E-state index >= 15 is 0 Å². The first-order valence-electron chi connectivity index (χ1n) is 7.64. The van der Waals surface area contributed by atoms with Crippen molar-refractivity contribution in [2.45, 2.75) is 12.5 Å². The van der Waals surface area contributed by atoms with Crippen LogP contribution in [0.15, 0.2) is 42.6 Å². The molecule has 0 saturated carbocycles. The van der Waals surface area contributed by atoms with Gasteiger partial charge in [-0.25, -0.2) is 4.98 Å². The lowest BCUT2D eigenvalue weighted by molar-refractivity contribution is -0.870. The van der Waals surface area contributed by atoms with Gasteiger partial charge in [0.25, 0.3) is 0 Å². The second kappa shape index (κ2) is 7.74. The van der Waals surface area contributed by atoms with Crippen molar-refractivity contribution in [3.05, 3.63) is 42.6 Å². The normalized spacial score (nSPS) is 12.5. The maximum atomic E-state index is 11.0. The number of para-hydroxylation sites is 1. The zero-order chi connectivity index (χ0) is 17.6. The van der Waals surface area contributed by atoms with E-state index < -0.39 is 5.97 Å². The summed E-state index contributed by atoms with van der Waals surface area (Å²) in [7, 11) is 5.96. The lowest BCUT2D eigenvalue weighted by Crippen LogP contribution is -2.46. The van der Waals surface area contributed by atoms with Crippen molar-refractivity contribution in [2.24, 2.45) is 0 Å². The summed E-state index contributed by atoms with van der Waals surface area (Å²) >= 11 is 0. The van der Waals surface area contributed by atoms with Gasteiger partial charge in [0.15, 0.2) is 0 Å². The minimum absolute atomic E-state index is 0.122. The van der Waals surface area contributed by atoms with E-state index in [1.807, 2.05) is 51.5 Å². The Labute approximate surface area is 141 Å². The second-order valence-electron chi connectivity index (χ2n) is 6.52. The van der Waals surface area contributed by atoms with Crippen LogP contribution in [0.3, 0.4) is 0 Å². The van der Waals surface area contributed by atoms with Gasteiger partial charge in [0.1, 0.15) is 5.75 Å². The molecule has 1 aromatic carbocycles. The van der Waals surface area contributed by atoms with Crippen LogP contribution in [0.25, 0.3) is 0 Å². The molecule has 0 amide bonds. The summed E-state index contributed by atoms with van der Waals surface area (Å²) < 4.78 is 6.26. The Morgan fingerprint density at radius 2 is 1.96 bits per heavy atom. The molecule has 7 nitrogen and oxygen atoms in total. The molecule has 0 bridgehead atoms. The third kappa shape index (κ3) is 6.21. The van der Waals surface area contributed by atoms with Crippen molar-refractivity contribution >= 4 is 11.9 Å². The van der Waals surface area contributed by atoms with Crippen LogP contribution < -0.4 is 15.2 Å². The van der Waals surface area contributed by atoms with Gasteiger partial charge in [-0.3, -0.25) is 0 Å². The predicted molar refractivity (Wildman–Crippen MR) is 88.5 cm³/mol. The fraction of sp³-hybridized carbons (Fsp3) is 0.353. The van der Waals surface area contributed by atoms with E-state index in [-0.39, 0.29) is 12.5 Å². The fourth-order valence-corrected chi connectivity index (χ4v) is 2.28.